The van der Waals surface area contributed by atoms with Crippen LogP contribution >= 0.6 is 11.6 Å². The van der Waals surface area contributed by atoms with Gasteiger partial charge in [0.1, 0.15) is 0 Å². The zero-order chi connectivity index (χ0) is 29.3. The van der Waals surface area contributed by atoms with Crippen LogP contribution in [-0.4, -0.2) is 84.1 Å². The number of rotatable bonds is 8. The number of aromatic nitrogens is 2. The van der Waals surface area contributed by atoms with Gasteiger partial charge in [-0.1, -0.05) is 11.6 Å². The van der Waals surface area contributed by atoms with E-state index in [9.17, 15) is 18.4 Å². The molecule has 0 saturated carbocycles. The molecule has 2 amide bonds. The monoisotopic (exact) mass is 586 g/mol. The summed E-state index contributed by atoms with van der Waals surface area (Å²) in [6.45, 7) is 5.20. The first-order valence-electron chi connectivity index (χ1n) is 13.5. The number of methoxy groups -OCH3 is 1. The van der Waals surface area contributed by atoms with Gasteiger partial charge in [-0.2, -0.15) is 4.39 Å². The number of piperidine rings is 1. The molecule has 218 valence electrons. The molecule has 0 spiro atoms. The van der Waals surface area contributed by atoms with E-state index in [1.54, 1.807) is 24.1 Å². The molecule has 1 aromatic heterocycles. The number of nitrogens with one attached hydrogen (secondary N) is 2. The number of ether oxygens (including phenoxy) is 1. The summed E-state index contributed by atoms with van der Waals surface area (Å²) in [6.07, 6.45) is 3.11. The minimum Gasteiger partial charge on any atom is -0.494 e. The van der Waals surface area contributed by atoms with Crippen LogP contribution in [0, 0.1) is 17.6 Å². The van der Waals surface area contributed by atoms with E-state index in [0.717, 1.165) is 51.5 Å². The van der Waals surface area contributed by atoms with Gasteiger partial charge in [-0.15, -0.1) is 0 Å². The van der Waals surface area contributed by atoms with E-state index in [1.165, 1.54) is 43.1 Å². The summed E-state index contributed by atoms with van der Waals surface area (Å²) >= 11 is 6.49. The highest BCUT2D eigenvalue weighted by atomic mass is 35.5. The predicted molar refractivity (Wildman–Crippen MR) is 152 cm³/mol. The summed E-state index contributed by atoms with van der Waals surface area (Å²) in [7, 11) is 4.58. The lowest BCUT2D eigenvalue weighted by Gasteiger charge is -2.39. The minimum atomic E-state index is -1.13. The first-order chi connectivity index (χ1) is 19.7. The summed E-state index contributed by atoms with van der Waals surface area (Å²) in [5.41, 5.74) is 0.867. The van der Waals surface area contributed by atoms with Crippen LogP contribution < -0.4 is 15.4 Å². The lowest BCUT2D eigenvalue weighted by atomic mass is 9.98. The van der Waals surface area contributed by atoms with Crippen LogP contribution in [-0.2, 0) is 7.05 Å². The molecule has 2 aliphatic rings. The van der Waals surface area contributed by atoms with Crippen molar-refractivity contribution >= 4 is 29.1 Å². The summed E-state index contributed by atoms with van der Waals surface area (Å²) in [4.78, 5) is 34.6. The van der Waals surface area contributed by atoms with Gasteiger partial charge in [-0.3, -0.25) is 9.59 Å². The zero-order valence-electron chi connectivity index (χ0n) is 23.2. The Kier molecular flexibility index (Phi) is 8.58. The van der Waals surface area contributed by atoms with Gasteiger partial charge < -0.3 is 29.7 Å². The van der Waals surface area contributed by atoms with Crippen molar-refractivity contribution in [2.75, 3.05) is 52.2 Å². The highest BCUT2D eigenvalue weighted by Gasteiger charge is 2.29. The van der Waals surface area contributed by atoms with E-state index in [-0.39, 0.29) is 39.8 Å². The first kappa shape index (κ1) is 29.0. The van der Waals surface area contributed by atoms with Gasteiger partial charge in [0.25, 0.3) is 11.8 Å². The van der Waals surface area contributed by atoms with Crippen LogP contribution in [0.4, 0.5) is 14.5 Å². The van der Waals surface area contributed by atoms with E-state index in [1.807, 2.05) is 0 Å². The Morgan fingerprint density at radius 2 is 1.90 bits per heavy atom. The molecule has 0 unspecified atom stereocenters. The molecule has 9 nitrogen and oxygen atoms in total. The van der Waals surface area contributed by atoms with Gasteiger partial charge in [-0.25, -0.2) is 9.37 Å². The Morgan fingerprint density at radius 1 is 1.17 bits per heavy atom. The maximum Gasteiger partial charge on any atom is 0.291 e. The normalized spacial score (nSPS) is 16.3. The molecular formula is C29H33ClF2N6O3. The summed E-state index contributed by atoms with van der Waals surface area (Å²) < 4.78 is 35.0. The van der Waals surface area contributed by atoms with Gasteiger partial charge >= 0.3 is 0 Å². The van der Waals surface area contributed by atoms with Crippen molar-refractivity contribution in [1.82, 2.24) is 24.7 Å². The Morgan fingerprint density at radius 3 is 2.54 bits per heavy atom. The fraction of sp³-hybridized carbons (Fsp3) is 0.414. The van der Waals surface area contributed by atoms with Gasteiger partial charge in [0.2, 0.25) is 5.82 Å². The van der Waals surface area contributed by atoms with E-state index in [2.05, 4.69) is 20.5 Å². The second kappa shape index (κ2) is 12.1. The van der Waals surface area contributed by atoms with Gasteiger partial charge in [0, 0.05) is 64.1 Å². The predicted octanol–water partition coefficient (Wildman–Crippen LogP) is 4.04. The number of nitrogens with zero attached hydrogens (tertiary/aromatic N) is 4. The molecule has 3 heterocycles. The molecular weight excluding hydrogens is 554 g/mol. The quantitative estimate of drug-likeness (QED) is 0.414. The van der Waals surface area contributed by atoms with Crippen LogP contribution in [0.15, 0.2) is 36.5 Å². The van der Waals surface area contributed by atoms with Crippen molar-refractivity contribution in [1.29, 1.82) is 0 Å². The van der Waals surface area contributed by atoms with Crippen molar-refractivity contribution in [3.63, 3.8) is 0 Å². The molecule has 2 N–H and O–H groups in total. The number of benzene rings is 2. The molecule has 2 saturated heterocycles. The van der Waals surface area contributed by atoms with Crippen LogP contribution in [0.25, 0.3) is 11.3 Å². The number of carbonyl (C=O) groups excluding carboxylic acids is 2. The highest BCUT2D eigenvalue weighted by molar-refractivity contribution is 6.34. The van der Waals surface area contributed by atoms with E-state index in [0.29, 0.717) is 11.3 Å². The maximum absolute atomic E-state index is 14.6. The third-order valence-electron chi connectivity index (χ3n) is 8.00. The molecule has 0 radical (unpaired) electrons. The molecule has 0 atom stereocenters. The van der Waals surface area contributed by atoms with E-state index >= 15 is 0 Å². The summed E-state index contributed by atoms with van der Waals surface area (Å²) in [6, 6.07) is 7.50. The number of hydrogen-bond donors (Lipinski definition) is 2. The molecule has 0 bridgehead atoms. The third kappa shape index (κ3) is 5.93. The average molecular weight is 587 g/mol. The fourth-order valence-corrected chi connectivity index (χ4v) is 5.66. The minimum absolute atomic E-state index is 0.0217. The number of carbonyl (C=O) groups is 2. The lowest BCUT2D eigenvalue weighted by Crippen LogP contribution is -2.51. The Bertz CT molecular complexity index is 1450. The Hall–Kier alpha value is -3.54. The number of amides is 2. The van der Waals surface area contributed by atoms with Gasteiger partial charge in [0.05, 0.1) is 29.6 Å². The number of hydrogen-bond acceptors (Lipinski definition) is 6. The summed E-state index contributed by atoms with van der Waals surface area (Å²) in [5, 5.41) is 6.23. The van der Waals surface area contributed by atoms with Crippen LogP contribution in [0.3, 0.4) is 0 Å². The Balaban J connectivity index is 1.23. The zero-order valence-corrected chi connectivity index (χ0v) is 24.0. The molecule has 0 aliphatic carbocycles. The molecule has 12 heteroatoms. The summed E-state index contributed by atoms with van der Waals surface area (Å²) in [5.74, 6) is -2.50. The number of anilines is 1. The van der Waals surface area contributed by atoms with Crippen LogP contribution in [0.2, 0.25) is 5.02 Å². The second-order valence-electron chi connectivity index (χ2n) is 10.6. The van der Waals surface area contributed by atoms with Crippen molar-refractivity contribution in [2.24, 2.45) is 13.0 Å². The highest BCUT2D eigenvalue weighted by Crippen LogP contribution is 2.30. The number of imidazole rings is 1. The van der Waals surface area contributed by atoms with Crippen molar-refractivity contribution < 1.29 is 23.1 Å². The van der Waals surface area contributed by atoms with Crippen LogP contribution in [0.1, 0.15) is 33.8 Å². The first-order valence-corrected chi connectivity index (χ1v) is 13.9. The lowest BCUT2D eigenvalue weighted by molar-refractivity contribution is 0.0617. The van der Waals surface area contributed by atoms with Crippen molar-refractivity contribution in [3.05, 3.63) is 64.6 Å². The molecule has 2 fully saturated rings. The smallest absolute Gasteiger partial charge is 0.291 e. The fourth-order valence-electron chi connectivity index (χ4n) is 5.40. The SMILES string of the molecule is COc1ccc(-c2cnc(C(=O)Nc3ccc(C(=O)N(C)C4CCN(CC5CNC5)CC4)c(Cl)c3)n2C)c(F)c1F. The largest absolute Gasteiger partial charge is 0.494 e. The molecule has 2 aliphatic heterocycles. The maximum atomic E-state index is 14.6. The van der Waals surface area contributed by atoms with Gasteiger partial charge in [0.15, 0.2) is 17.4 Å². The van der Waals surface area contributed by atoms with Crippen molar-refractivity contribution in [3.8, 4) is 17.0 Å². The van der Waals surface area contributed by atoms with Crippen molar-refractivity contribution in [2.45, 2.75) is 18.9 Å². The second-order valence-corrected chi connectivity index (χ2v) is 11.0. The standard InChI is InChI=1S/C29H33ClF2N6O3/c1-36(19-8-10-38(11-9-19)16-17-13-33-14-17)29(40)20-5-4-18(12-22(20)30)35-28(39)27-34-15-23(37(27)2)21-6-7-24(41-3)26(32)25(21)31/h4-7,12,15,17,19,33H,8-11,13-14,16H2,1-3H3,(H,35,39). The third-order valence-corrected chi connectivity index (χ3v) is 8.31. The molecule has 3 aromatic rings. The Labute approximate surface area is 242 Å². The molecule has 41 heavy (non-hydrogen) atoms. The molecule has 5 rings (SSSR count). The van der Waals surface area contributed by atoms with E-state index in [4.69, 9.17) is 16.3 Å². The average Bonchev–Trinajstić information content (AvgIpc) is 3.33. The number of likely N-dealkylation sites (tertiary alicyclic amines) is 1. The number of halogens is 3. The molecule has 2 aromatic carbocycles. The topological polar surface area (TPSA) is 91.7 Å². The van der Waals surface area contributed by atoms with Gasteiger partial charge in [-0.05, 0) is 49.1 Å². The van der Waals surface area contributed by atoms with E-state index < -0.39 is 17.5 Å². The van der Waals surface area contributed by atoms with Crippen LogP contribution in [0.5, 0.6) is 5.75 Å².